The molecule has 0 bridgehead atoms. The first-order valence-corrected chi connectivity index (χ1v) is 11.4. The number of alkyl halides is 3. The molecule has 1 heterocycles. The van der Waals surface area contributed by atoms with Crippen LogP contribution < -0.4 is 15.7 Å². The standard InChI is InChI=1S/C23H20ClF5N4O4/c24-13-5-2-6-14(26)20(13)30-22(35)12-7-15(27)16(8-17(12)37-18(9-25)21(28)29)33-23(36)32(11-3-1-4-11)19(10-34)31-33/h2,5-8,11,18,21,34H,1,3-4,9-10H2,(H,30,35)/t18-/m0/s1. The number of aliphatic hydroxyl groups excluding tert-OH is 1. The zero-order chi connectivity index (χ0) is 26.9. The average molecular weight is 547 g/mol. The van der Waals surface area contributed by atoms with Crippen molar-refractivity contribution in [2.45, 2.75) is 44.4 Å². The maximum absolute atomic E-state index is 15.2. The fourth-order valence-corrected chi connectivity index (χ4v) is 4.00. The Kier molecular flexibility index (Phi) is 7.83. The molecule has 198 valence electrons. The molecule has 1 fully saturated rings. The molecule has 1 atom stereocenters. The van der Waals surface area contributed by atoms with Gasteiger partial charge in [-0.15, -0.1) is 5.10 Å². The number of hydrogen-bond acceptors (Lipinski definition) is 5. The summed E-state index contributed by atoms with van der Waals surface area (Å²) in [4.78, 5) is 25.9. The van der Waals surface area contributed by atoms with Crippen molar-refractivity contribution >= 4 is 23.2 Å². The van der Waals surface area contributed by atoms with Crippen LogP contribution in [-0.4, -0.2) is 44.6 Å². The van der Waals surface area contributed by atoms with Crippen molar-refractivity contribution in [3.05, 3.63) is 68.9 Å². The van der Waals surface area contributed by atoms with Crippen molar-refractivity contribution in [2.24, 2.45) is 0 Å². The van der Waals surface area contributed by atoms with E-state index in [0.717, 1.165) is 18.6 Å². The maximum Gasteiger partial charge on any atom is 0.351 e. The van der Waals surface area contributed by atoms with Gasteiger partial charge in [0.25, 0.3) is 12.3 Å². The van der Waals surface area contributed by atoms with Gasteiger partial charge in [0.1, 0.15) is 36.4 Å². The molecular weight excluding hydrogens is 527 g/mol. The third kappa shape index (κ3) is 5.18. The molecule has 1 saturated carbocycles. The van der Waals surface area contributed by atoms with Crippen LogP contribution in [0.25, 0.3) is 5.69 Å². The number of benzene rings is 2. The molecule has 4 rings (SSSR count). The van der Waals surface area contributed by atoms with Crippen molar-refractivity contribution in [1.82, 2.24) is 14.3 Å². The van der Waals surface area contributed by atoms with Crippen molar-refractivity contribution in [2.75, 3.05) is 12.0 Å². The van der Waals surface area contributed by atoms with Crippen LogP contribution in [0.3, 0.4) is 0 Å². The highest BCUT2D eigenvalue weighted by atomic mass is 35.5. The Morgan fingerprint density at radius 2 is 1.97 bits per heavy atom. The largest absolute Gasteiger partial charge is 0.481 e. The molecular formula is C23H20ClF5N4O4. The van der Waals surface area contributed by atoms with Gasteiger partial charge in [-0.2, -0.15) is 4.68 Å². The molecule has 1 aromatic heterocycles. The molecule has 3 aromatic rings. The van der Waals surface area contributed by atoms with E-state index in [0.29, 0.717) is 23.6 Å². The lowest BCUT2D eigenvalue weighted by atomic mass is 9.93. The van der Waals surface area contributed by atoms with Gasteiger partial charge in [0.2, 0.25) is 0 Å². The maximum atomic E-state index is 15.2. The molecule has 1 amide bonds. The molecule has 0 radical (unpaired) electrons. The number of nitrogens with zero attached hydrogens (tertiary/aromatic N) is 3. The zero-order valence-corrected chi connectivity index (χ0v) is 19.7. The molecule has 8 nitrogen and oxygen atoms in total. The number of aliphatic hydroxyl groups is 1. The third-order valence-electron chi connectivity index (χ3n) is 5.90. The van der Waals surface area contributed by atoms with E-state index in [2.05, 4.69) is 10.4 Å². The van der Waals surface area contributed by atoms with Crippen molar-refractivity contribution < 1.29 is 36.6 Å². The van der Waals surface area contributed by atoms with Crippen molar-refractivity contribution in [1.29, 1.82) is 0 Å². The van der Waals surface area contributed by atoms with Gasteiger partial charge in [-0.05, 0) is 37.5 Å². The fraction of sp³-hybridized carbons (Fsp3) is 0.348. The summed E-state index contributed by atoms with van der Waals surface area (Å²) in [6.45, 7) is -2.29. The Hall–Kier alpha value is -3.45. The van der Waals surface area contributed by atoms with E-state index in [1.807, 2.05) is 0 Å². The van der Waals surface area contributed by atoms with Gasteiger partial charge in [-0.1, -0.05) is 17.7 Å². The van der Waals surface area contributed by atoms with E-state index in [4.69, 9.17) is 16.3 Å². The van der Waals surface area contributed by atoms with Gasteiger partial charge in [0, 0.05) is 12.1 Å². The van der Waals surface area contributed by atoms with E-state index >= 15 is 4.39 Å². The van der Waals surface area contributed by atoms with E-state index in [-0.39, 0.29) is 16.9 Å². The third-order valence-corrected chi connectivity index (χ3v) is 6.21. The Morgan fingerprint density at radius 3 is 2.54 bits per heavy atom. The lowest BCUT2D eigenvalue weighted by molar-refractivity contribution is -0.00159. The van der Waals surface area contributed by atoms with E-state index in [1.165, 1.54) is 16.7 Å². The Balaban J connectivity index is 1.82. The SMILES string of the molecule is O=C(Nc1c(F)cccc1Cl)c1cc(F)c(-n2nc(CO)n(C3CCC3)c2=O)cc1O[C@@H](CF)C(F)F. The first-order chi connectivity index (χ1) is 17.7. The average Bonchev–Trinajstić information content (AvgIpc) is 3.14. The molecule has 0 spiro atoms. The lowest BCUT2D eigenvalue weighted by Crippen LogP contribution is -2.32. The van der Waals surface area contributed by atoms with Crippen LogP contribution in [0.1, 0.15) is 41.5 Å². The van der Waals surface area contributed by atoms with Crippen LogP contribution in [0.2, 0.25) is 5.02 Å². The number of carbonyl (C=O) groups is 1. The molecule has 1 aliphatic rings. The lowest BCUT2D eigenvalue weighted by Gasteiger charge is -2.26. The minimum Gasteiger partial charge on any atom is -0.481 e. The van der Waals surface area contributed by atoms with Crippen molar-refractivity contribution in [3.63, 3.8) is 0 Å². The van der Waals surface area contributed by atoms with Gasteiger partial charge in [-0.3, -0.25) is 9.36 Å². The van der Waals surface area contributed by atoms with Gasteiger partial charge in [0.05, 0.1) is 16.3 Å². The predicted octanol–water partition coefficient (Wildman–Crippen LogP) is 4.42. The topological polar surface area (TPSA) is 98.4 Å². The van der Waals surface area contributed by atoms with E-state index in [9.17, 15) is 32.3 Å². The van der Waals surface area contributed by atoms with E-state index < -0.39 is 71.7 Å². The summed E-state index contributed by atoms with van der Waals surface area (Å²) >= 11 is 5.90. The highest BCUT2D eigenvalue weighted by Crippen LogP contribution is 2.33. The van der Waals surface area contributed by atoms with Crippen LogP contribution in [-0.2, 0) is 6.61 Å². The number of hydrogen-bond donors (Lipinski definition) is 2. The normalized spacial score (nSPS) is 14.5. The van der Waals surface area contributed by atoms with Gasteiger partial charge in [-0.25, -0.2) is 26.7 Å². The summed E-state index contributed by atoms with van der Waals surface area (Å²) in [5.74, 6) is -4.11. The Bertz CT molecular complexity index is 1360. The zero-order valence-electron chi connectivity index (χ0n) is 18.9. The number of rotatable bonds is 9. The monoisotopic (exact) mass is 546 g/mol. The first kappa shape index (κ1) is 26.6. The number of para-hydroxylation sites is 1. The summed E-state index contributed by atoms with van der Waals surface area (Å²) < 4.78 is 76.0. The number of carbonyl (C=O) groups excluding carboxylic acids is 1. The van der Waals surface area contributed by atoms with Crippen LogP contribution in [0.15, 0.2) is 35.1 Å². The summed E-state index contributed by atoms with van der Waals surface area (Å²) in [6, 6.07) is 4.56. The summed E-state index contributed by atoms with van der Waals surface area (Å²) in [6.07, 6.45) is -3.54. The highest BCUT2D eigenvalue weighted by molar-refractivity contribution is 6.34. The summed E-state index contributed by atoms with van der Waals surface area (Å²) in [5.41, 5.74) is -2.58. The number of nitrogens with one attached hydrogen (secondary N) is 1. The minimum absolute atomic E-state index is 0.0539. The number of halogens is 6. The van der Waals surface area contributed by atoms with Crippen LogP contribution in [0.5, 0.6) is 5.75 Å². The molecule has 14 heteroatoms. The van der Waals surface area contributed by atoms with Crippen LogP contribution in [0, 0.1) is 11.6 Å². The summed E-state index contributed by atoms with van der Waals surface area (Å²) in [7, 11) is 0. The Labute approximate surface area is 211 Å². The van der Waals surface area contributed by atoms with Crippen molar-refractivity contribution in [3.8, 4) is 11.4 Å². The van der Waals surface area contributed by atoms with Crippen LogP contribution >= 0.6 is 11.6 Å². The number of ether oxygens (including phenoxy) is 1. The van der Waals surface area contributed by atoms with Gasteiger partial charge >= 0.3 is 5.69 Å². The molecule has 37 heavy (non-hydrogen) atoms. The predicted molar refractivity (Wildman–Crippen MR) is 122 cm³/mol. The molecule has 1 aliphatic carbocycles. The molecule has 0 unspecified atom stereocenters. The molecule has 0 aliphatic heterocycles. The molecule has 0 saturated heterocycles. The first-order valence-electron chi connectivity index (χ1n) is 11.1. The van der Waals surface area contributed by atoms with Crippen LogP contribution in [0.4, 0.5) is 27.6 Å². The highest BCUT2D eigenvalue weighted by Gasteiger charge is 2.30. The fourth-order valence-electron chi connectivity index (χ4n) is 3.79. The second-order valence-electron chi connectivity index (χ2n) is 8.22. The summed E-state index contributed by atoms with van der Waals surface area (Å²) in [5, 5.41) is 15.5. The number of amides is 1. The number of anilines is 1. The molecule has 2 aromatic carbocycles. The van der Waals surface area contributed by atoms with Gasteiger partial charge in [0.15, 0.2) is 11.9 Å². The molecule has 2 N–H and O–H groups in total. The van der Waals surface area contributed by atoms with Gasteiger partial charge < -0.3 is 15.2 Å². The minimum atomic E-state index is -3.32. The smallest absolute Gasteiger partial charge is 0.351 e. The van der Waals surface area contributed by atoms with E-state index in [1.54, 1.807) is 0 Å². The Morgan fingerprint density at radius 1 is 1.24 bits per heavy atom. The quantitative estimate of drug-likeness (QED) is 0.387. The second-order valence-corrected chi connectivity index (χ2v) is 8.63. The number of aromatic nitrogens is 3. The second kappa shape index (κ2) is 10.9.